The van der Waals surface area contributed by atoms with Crippen LogP contribution in [-0.2, 0) is 0 Å². The van der Waals surface area contributed by atoms with E-state index in [4.69, 9.17) is 0 Å². The van der Waals surface area contributed by atoms with Gasteiger partial charge in [0.1, 0.15) is 5.83 Å². The van der Waals surface area contributed by atoms with Crippen LogP contribution >= 0.6 is 0 Å². The van der Waals surface area contributed by atoms with Crippen LogP contribution < -0.4 is 0 Å². The summed E-state index contributed by atoms with van der Waals surface area (Å²) in [5.74, 6) is 0.362. The Hall–Kier alpha value is -1.44. The molecule has 1 aromatic heterocycles. The van der Waals surface area contributed by atoms with Crippen LogP contribution in [0.5, 0.6) is 0 Å². The molecule has 0 saturated heterocycles. The molecule has 0 aromatic carbocycles. The fourth-order valence-corrected chi connectivity index (χ4v) is 1.88. The van der Waals surface area contributed by atoms with Gasteiger partial charge in [-0.1, -0.05) is 19.1 Å². The molecule has 15 heavy (non-hydrogen) atoms. The van der Waals surface area contributed by atoms with E-state index in [1.54, 1.807) is 12.3 Å². The minimum atomic E-state index is -0.131. The van der Waals surface area contributed by atoms with Gasteiger partial charge in [-0.15, -0.1) is 0 Å². The summed E-state index contributed by atoms with van der Waals surface area (Å²) in [4.78, 5) is 4.30. The maximum absolute atomic E-state index is 13.1. The molecule has 2 heteroatoms. The highest BCUT2D eigenvalue weighted by Crippen LogP contribution is 2.30. The maximum Gasteiger partial charge on any atom is 0.119 e. The molecule has 2 atom stereocenters. The lowest BCUT2D eigenvalue weighted by atomic mass is 9.86. The summed E-state index contributed by atoms with van der Waals surface area (Å²) in [6.45, 7) is 2.09. The van der Waals surface area contributed by atoms with Crippen LogP contribution in [0.15, 0.2) is 48.5 Å². The van der Waals surface area contributed by atoms with Crippen LogP contribution in [-0.4, -0.2) is 4.98 Å². The molecule has 0 spiro atoms. The van der Waals surface area contributed by atoms with E-state index in [0.29, 0.717) is 0 Å². The average molecular weight is 203 g/mol. The topological polar surface area (TPSA) is 12.9 Å². The molecule has 2 unspecified atom stereocenters. The quantitative estimate of drug-likeness (QED) is 0.715. The third kappa shape index (κ3) is 2.32. The van der Waals surface area contributed by atoms with Crippen LogP contribution in [0, 0.1) is 5.92 Å². The second kappa shape index (κ2) is 4.39. The van der Waals surface area contributed by atoms with Gasteiger partial charge in [-0.3, -0.25) is 4.98 Å². The van der Waals surface area contributed by atoms with E-state index in [-0.39, 0.29) is 17.7 Å². The fraction of sp³-hybridized carbons (Fsp3) is 0.308. The van der Waals surface area contributed by atoms with Gasteiger partial charge in [0.15, 0.2) is 0 Å². The molecule has 0 aliphatic heterocycles. The largest absolute Gasteiger partial charge is 0.261 e. The number of nitrogens with zero attached hydrogens (tertiary/aromatic N) is 1. The van der Waals surface area contributed by atoms with Gasteiger partial charge in [-0.25, -0.2) is 4.39 Å². The van der Waals surface area contributed by atoms with Crippen molar-refractivity contribution in [2.75, 3.05) is 0 Å². The van der Waals surface area contributed by atoms with Crippen molar-refractivity contribution in [2.45, 2.75) is 19.3 Å². The molecule has 0 saturated carbocycles. The fourth-order valence-electron chi connectivity index (χ4n) is 1.88. The normalized spacial score (nSPS) is 22.3. The van der Waals surface area contributed by atoms with Crippen molar-refractivity contribution in [3.63, 3.8) is 0 Å². The van der Waals surface area contributed by atoms with Crippen molar-refractivity contribution in [3.8, 4) is 0 Å². The summed E-state index contributed by atoms with van der Waals surface area (Å²) in [6.07, 6.45) is 7.79. The summed E-state index contributed by atoms with van der Waals surface area (Å²) in [5, 5.41) is 0. The highest BCUT2D eigenvalue weighted by molar-refractivity contribution is 5.22. The molecule has 0 radical (unpaired) electrons. The zero-order valence-electron chi connectivity index (χ0n) is 8.73. The standard InChI is InChI=1S/C13H14FN/c1-10(13-7-2-3-8-15-13)11-5-4-6-12(14)9-11/h2-4,6-11H,5H2,1H3. The van der Waals surface area contributed by atoms with Crippen LogP contribution in [0.4, 0.5) is 4.39 Å². The van der Waals surface area contributed by atoms with Crippen molar-refractivity contribution in [1.82, 2.24) is 4.98 Å². The molecule has 1 heterocycles. The number of aromatic nitrogens is 1. The third-order valence-corrected chi connectivity index (χ3v) is 2.86. The van der Waals surface area contributed by atoms with Crippen LogP contribution in [0.25, 0.3) is 0 Å². The van der Waals surface area contributed by atoms with Gasteiger partial charge in [0.2, 0.25) is 0 Å². The van der Waals surface area contributed by atoms with E-state index in [0.717, 1.165) is 12.1 Å². The minimum Gasteiger partial charge on any atom is -0.261 e. The summed E-state index contributed by atoms with van der Waals surface area (Å²) in [5.41, 5.74) is 1.03. The lowest BCUT2D eigenvalue weighted by Crippen LogP contribution is -2.10. The summed E-state index contributed by atoms with van der Waals surface area (Å²) in [6, 6.07) is 5.86. The number of hydrogen-bond donors (Lipinski definition) is 0. The molecule has 0 N–H and O–H groups in total. The number of halogens is 1. The van der Waals surface area contributed by atoms with Crippen LogP contribution in [0.3, 0.4) is 0 Å². The monoisotopic (exact) mass is 203 g/mol. The lowest BCUT2D eigenvalue weighted by molar-refractivity contribution is 0.509. The molecule has 1 nitrogen and oxygen atoms in total. The van der Waals surface area contributed by atoms with E-state index in [1.165, 1.54) is 6.08 Å². The molecule has 1 aliphatic carbocycles. The molecule has 1 aromatic rings. The maximum atomic E-state index is 13.1. The van der Waals surface area contributed by atoms with E-state index < -0.39 is 0 Å². The van der Waals surface area contributed by atoms with Gasteiger partial charge < -0.3 is 0 Å². The Kier molecular flexibility index (Phi) is 2.95. The highest BCUT2D eigenvalue weighted by Gasteiger charge is 2.19. The predicted octanol–water partition coefficient (Wildman–Crippen LogP) is 3.61. The number of pyridine rings is 1. The van der Waals surface area contributed by atoms with E-state index in [2.05, 4.69) is 11.9 Å². The van der Waals surface area contributed by atoms with Gasteiger partial charge in [-0.2, -0.15) is 0 Å². The zero-order chi connectivity index (χ0) is 10.7. The number of allylic oxidation sites excluding steroid dienone is 4. The molecular weight excluding hydrogens is 189 g/mol. The summed E-state index contributed by atoms with van der Waals surface area (Å²) >= 11 is 0. The van der Waals surface area contributed by atoms with Gasteiger partial charge in [0.25, 0.3) is 0 Å². The Morgan fingerprint density at radius 2 is 2.33 bits per heavy atom. The average Bonchev–Trinajstić information content (AvgIpc) is 2.29. The number of rotatable bonds is 2. The van der Waals surface area contributed by atoms with Gasteiger partial charge in [-0.05, 0) is 36.6 Å². The smallest absolute Gasteiger partial charge is 0.119 e. The van der Waals surface area contributed by atoms with Gasteiger partial charge >= 0.3 is 0 Å². The molecule has 2 rings (SSSR count). The van der Waals surface area contributed by atoms with Crippen molar-refractivity contribution < 1.29 is 4.39 Å². The SMILES string of the molecule is CC(c1ccccn1)C1C=C(F)C=CC1. The third-order valence-electron chi connectivity index (χ3n) is 2.86. The van der Waals surface area contributed by atoms with Gasteiger partial charge in [0.05, 0.1) is 0 Å². The Bertz CT molecular complexity index is 381. The molecule has 0 bridgehead atoms. The minimum absolute atomic E-state index is 0.131. The first-order valence-corrected chi connectivity index (χ1v) is 5.22. The molecule has 0 fully saturated rings. The summed E-state index contributed by atoms with van der Waals surface area (Å²) in [7, 11) is 0. The first-order chi connectivity index (χ1) is 7.27. The van der Waals surface area contributed by atoms with Crippen molar-refractivity contribution in [1.29, 1.82) is 0 Å². The second-order valence-electron chi connectivity index (χ2n) is 3.90. The predicted molar refractivity (Wildman–Crippen MR) is 59.1 cm³/mol. The van der Waals surface area contributed by atoms with Crippen molar-refractivity contribution >= 4 is 0 Å². The van der Waals surface area contributed by atoms with E-state index in [9.17, 15) is 4.39 Å². The highest BCUT2D eigenvalue weighted by atomic mass is 19.1. The lowest BCUT2D eigenvalue weighted by Gasteiger charge is -2.21. The Balaban J connectivity index is 2.16. The number of hydrogen-bond acceptors (Lipinski definition) is 1. The second-order valence-corrected chi connectivity index (χ2v) is 3.90. The molecular formula is C13H14FN. The van der Waals surface area contributed by atoms with Crippen molar-refractivity contribution in [3.05, 3.63) is 54.1 Å². The molecule has 0 amide bonds. The Morgan fingerprint density at radius 1 is 1.47 bits per heavy atom. The Labute approximate surface area is 89.4 Å². The van der Waals surface area contributed by atoms with Crippen LogP contribution in [0.1, 0.15) is 25.0 Å². The van der Waals surface area contributed by atoms with Crippen LogP contribution in [0.2, 0.25) is 0 Å². The van der Waals surface area contributed by atoms with E-state index >= 15 is 0 Å². The molecule has 78 valence electrons. The first-order valence-electron chi connectivity index (χ1n) is 5.22. The van der Waals surface area contributed by atoms with Crippen molar-refractivity contribution in [2.24, 2.45) is 5.92 Å². The first kappa shape index (κ1) is 10.1. The zero-order valence-corrected chi connectivity index (χ0v) is 8.73. The summed E-state index contributed by atoms with van der Waals surface area (Å²) < 4.78 is 13.1. The molecule has 1 aliphatic rings. The van der Waals surface area contributed by atoms with E-state index in [1.807, 2.05) is 24.3 Å². The van der Waals surface area contributed by atoms with Gasteiger partial charge in [0, 0.05) is 17.8 Å². The Morgan fingerprint density at radius 3 is 3.00 bits per heavy atom.